The molecule has 20 heavy (non-hydrogen) atoms. The van der Waals surface area contributed by atoms with E-state index >= 15 is 0 Å². The maximum Gasteiger partial charge on any atom is 0.417 e. The van der Waals surface area contributed by atoms with E-state index in [0.717, 1.165) is 4.90 Å². The van der Waals surface area contributed by atoms with Crippen molar-refractivity contribution in [2.75, 3.05) is 6.54 Å². The molecule has 0 heterocycles. The Hall–Kier alpha value is -1.08. The third-order valence-electron chi connectivity index (χ3n) is 2.26. The van der Waals surface area contributed by atoms with Crippen LogP contribution in [-0.4, -0.2) is 39.6 Å². The van der Waals surface area contributed by atoms with Gasteiger partial charge in [-0.2, -0.15) is 12.6 Å². The van der Waals surface area contributed by atoms with E-state index in [1.54, 1.807) is 34.6 Å². The second-order valence-corrected chi connectivity index (χ2v) is 7.10. The molecule has 0 aliphatic rings. The zero-order valence-corrected chi connectivity index (χ0v) is 13.7. The van der Waals surface area contributed by atoms with Gasteiger partial charge >= 0.3 is 6.09 Å². The highest BCUT2D eigenvalue weighted by Gasteiger charge is 2.34. The highest BCUT2D eigenvalue weighted by Crippen LogP contribution is 2.22. The minimum Gasteiger partial charge on any atom is -0.443 e. The molecule has 2 N–H and O–H groups in total. The Kier molecular flexibility index (Phi) is 6.23. The Morgan fingerprint density at radius 1 is 1.15 bits per heavy atom. The number of Topliss-reactive ketones (excluding diaryl/α,β-unsaturated/α-hetero) is 1. The molecule has 0 saturated heterocycles. The maximum absolute atomic E-state index is 12.0. The lowest BCUT2D eigenvalue weighted by Crippen LogP contribution is -2.47. The first-order valence-electron chi connectivity index (χ1n) is 6.15. The van der Waals surface area contributed by atoms with Crippen molar-refractivity contribution in [1.29, 1.82) is 0 Å². The number of nitrogens with two attached hydrogens (primary N) is 1. The molecule has 0 saturated carbocycles. The van der Waals surface area contributed by atoms with E-state index in [2.05, 4.69) is 12.6 Å². The van der Waals surface area contributed by atoms with Crippen LogP contribution >= 0.6 is 12.6 Å². The summed E-state index contributed by atoms with van der Waals surface area (Å²) < 4.78 is 4.25. The van der Waals surface area contributed by atoms with Crippen LogP contribution in [0.2, 0.25) is 0 Å². The van der Waals surface area contributed by atoms with Gasteiger partial charge in [-0.05, 0) is 34.6 Å². The van der Waals surface area contributed by atoms with Gasteiger partial charge in [0.05, 0.1) is 6.54 Å². The van der Waals surface area contributed by atoms with Crippen molar-refractivity contribution >= 4 is 30.4 Å². The van der Waals surface area contributed by atoms with Crippen LogP contribution in [0, 0.1) is 6.04 Å². The molecule has 6 nitrogen and oxygen atoms in total. The highest BCUT2D eigenvalue weighted by molar-refractivity contribution is 7.82. The van der Waals surface area contributed by atoms with E-state index in [1.807, 2.05) is 0 Å². The van der Waals surface area contributed by atoms with Crippen molar-refractivity contribution in [3.8, 4) is 0 Å². The molecule has 0 atom stereocenters. The van der Waals surface area contributed by atoms with Gasteiger partial charge in [-0.15, -0.1) is 0 Å². The Bertz CT molecular complexity index is 396. The first kappa shape index (κ1) is 18.9. The SMILES string of the molecule is CC(=O)N(CC(=O)[C](N)C(C)(C)S)C(=O)OC(C)(C)C. The van der Waals surface area contributed by atoms with Crippen LogP contribution in [0.15, 0.2) is 0 Å². The van der Waals surface area contributed by atoms with Crippen LogP contribution in [0.5, 0.6) is 0 Å². The van der Waals surface area contributed by atoms with Gasteiger partial charge < -0.3 is 10.5 Å². The summed E-state index contributed by atoms with van der Waals surface area (Å²) in [5.41, 5.74) is 4.91. The van der Waals surface area contributed by atoms with Crippen LogP contribution in [0.25, 0.3) is 0 Å². The lowest BCUT2D eigenvalue weighted by atomic mass is 9.99. The molecular formula is C13H23N2O4S. The number of amides is 2. The van der Waals surface area contributed by atoms with Gasteiger partial charge in [-0.1, -0.05) is 0 Å². The minimum absolute atomic E-state index is 0.0179. The predicted molar refractivity (Wildman–Crippen MR) is 79.1 cm³/mol. The van der Waals surface area contributed by atoms with Crippen molar-refractivity contribution in [2.24, 2.45) is 5.73 Å². The van der Waals surface area contributed by atoms with E-state index in [1.165, 1.54) is 6.92 Å². The Labute approximate surface area is 125 Å². The molecule has 0 rings (SSSR count). The third kappa shape index (κ3) is 6.38. The first-order chi connectivity index (χ1) is 8.75. The van der Waals surface area contributed by atoms with Crippen LogP contribution in [-0.2, 0) is 14.3 Å². The number of carbonyl (C=O) groups excluding carboxylic acids is 3. The van der Waals surface area contributed by atoms with E-state index in [-0.39, 0.29) is 6.04 Å². The number of carbonyl (C=O) groups is 3. The maximum atomic E-state index is 12.0. The molecule has 0 aromatic heterocycles. The van der Waals surface area contributed by atoms with Crippen LogP contribution in [0.1, 0.15) is 41.5 Å². The molecule has 0 bridgehead atoms. The average molecular weight is 303 g/mol. The fraction of sp³-hybridized carbons (Fsp3) is 0.692. The van der Waals surface area contributed by atoms with Gasteiger partial charge in [-0.25, -0.2) is 9.69 Å². The van der Waals surface area contributed by atoms with Crippen molar-refractivity contribution in [2.45, 2.75) is 51.9 Å². The second-order valence-electron chi connectivity index (χ2n) is 5.98. The summed E-state index contributed by atoms with van der Waals surface area (Å²) >= 11 is 4.18. The molecule has 2 amide bonds. The monoisotopic (exact) mass is 303 g/mol. The zero-order chi connectivity index (χ0) is 16.3. The van der Waals surface area contributed by atoms with Gasteiger partial charge in [0.1, 0.15) is 11.6 Å². The van der Waals surface area contributed by atoms with Crippen LogP contribution in [0.4, 0.5) is 4.79 Å². The van der Waals surface area contributed by atoms with Gasteiger partial charge in [0.25, 0.3) is 0 Å². The number of imide groups is 1. The summed E-state index contributed by atoms with van der Waals surface area (Å²) in [4.78, 5) is 36.0. The topological polar surface area (TPSA) is 89.7 Å². The largest absolute Gasteiger partial charge is 0.443 e. The molecule has 0 aliphatic carbocycles. The number of hydrogen-bond donors (Lipinski definition) is 2. The highest BCUT2D eigenvalue weighted by atomic mass is 32.1. The van der Waals surface area contributed by atoms with Crippen LogP contribution in [0.3, 0.4) is 0 Å². The minimum atomic E-state index is -0.872. The predicted octanol–water partition coefficient (Wildman–Crippen LogP) is 1.54. The number of ketones is 1. The first-order valence-corrected chi connectivity index (χ1v) is 6.60. The lowest BCUT2D eigenvalue weighted by molar-refractivity contribution is -0.132. The standard InChI is InChI=1S/C13H23N2O4S/c1-8(16)15(11(18)19-12(2,3)4)7-9(17)10(14)13(5,6)20/h20H,7,14H2,1-6H3. The molecular weight excluding hydrogens is 280 g/mol. The van der Waals surface area contributed by atoms with E-state index in [0.29, 0.717) is 0 Å². The van der Waals surface area contributed by atoms with Crippen molar-refractivity contribution < 1.29 is 19.1 Å². The van der Waals surface area contributed by atoms with E-state index in [4.69, 9.17) is 10.5 Å². The van der Waals surface area contributed by atoms with E-state index in [9.17, 15) is 14.4 Å². The molecule has 0 unspecified atom stereocenters. The number of nitrogens with zero attached hydrogens (tertiary/aromatic N) is 1. The summed E-state index contributed by atoms with van der Waals surface area (Å²) in [5.74, 6) is -1.12. The Balaban J connectivity index is 4.94. The summed E-state index contributed by atoms with van der Waals surface area (Å²) in [6, 6.07) is -0.0179. The molecule has 0 spiro atoms. The van der Waals surface area contributed by atoms with Gasteiger partial charge in [0.15, 0.2) is 5.78 Å². The fourth-order valence-electron chi connectivity index (χ4n) is 1.19. The van der Waals surface area contributed by atoms with Gasteiger partial charge in [0.2, 0.25) is 5.91 Å². The Morgan fingerprint density at radius 3 is 1.90 bits per heavy atom. The average Bonchev–Trinajstić information content (AvgIpc) is 2.19. The summed E-state index contributed by atoms with van der Waals surface area (Å²) in [6.45, 7) is 9.02. The molecule has 0 aromatic rings. The smallest absolute Gasteiger partial charge is 0.417 e. The molecule has 115 valence electrons. The normalized spacial score (nSPS) is 12.2. The van der Waals surface area contributed by atoms with Crippen LogP contribution < -0.4 is 5.73 Å². The lowest BCUT2D eigenvalue weighted by Gasteiger charge is -2.28. The molecule has 7 heteroatoms. The number of thiol groups is 1. The second kappa shape index (κ2) is 6.58. The van der Waals surface area contributed by atoms with Gasteiger partial charge in [-0.3, -0.25) is 9.59 Å². The fourth-order valence-corrected chi connectivity index (χ4v) is 1.32. The number of rotatable bonds is 4. The number of ether oxygens (including phenoxy) is 1. The molecule has 0 aromatic carbocycles. The van der Waals surface area contributed by atoms with Crippen molar-refractivity contribution in [1.82, 2.24) is 4.90 Å². The van der Waals surface area contributed by atoms with Crippen molar-refractivity contribution in [3.63, 3.8) is 0 Å². The summed E-state index contributed by atoms with van der Waals surface area (Å²) in [5, 5.41) is 0. The third-order valence-corrected chi connectivity index (χ3v) is 2.50. The molecule has 1 radical (unpaired) electrons. The number of hydrogen-bond acceptors (Lipinski definition) is 6. The van der Waals surface area contributed by atoms with E-state index < -0.39 is 34.7 Å². The quantitative estimate of drug-likeness (QED) is 0.769. The van der Waals surface area contributed by atoms with Gasteiger partial charge in [0, 0.05) is 11.7 Å². The summed E-state index contributed by atoms with van der Waals surface area (Å²) in [6.07, 6.45) is -0.872. The van der Waals surface area contributed by atoms with Crippen molar-refractivity contribution in [3.05, 3.63) is 6.04 Å². The zero-order valence-electron chi connectivity index (χ0n) is 12.8. The summed E-state index contributed by atoms with van der Waals surface area (Å²) in [7, 11) is 0. The Morgan fingerprint density at radius 2 is 1.60 bits per heavy atom. The molecule has 0 fully saturated rings. The molecule has 0 aliphatic heterocycles.